The smallest absolute Gasteiger partial charge is 0.306 e. The number of esters is 1. The zero-order chi connectivity index (χ0) is 11.0. The molecule has 2 heterocycles. The van der Waals surface area contributed by atoms with E-state index >= 15 is 0 Å². The van der Waals surface area contributed by atoms with E-state index in [1.165, 1.54) is 0 Å². The number of nitrogens with one attached hydrogen (secondary N) is 1. The standard InChI is InChI=1S/C11H17NO3/c1-6(2)7-5-8(12-11(7)14)9-3-4-10(13)15-9/h6-9H,3-5H2,1-2H3,(H,12,14)/t7-,8-,9-/m0/s1. The summed E-state index contributed by atoms with van der Waals surface area (Å²) in [6.07, 6.45) is 1.94. The molecule has 1 N–H and O–H groups in total. The predicted molar refractivity (Wildman–Crippen MR) is 54.0 cm³/mol. The zero-order valence-corrected chi connectivity index (χ0v) is 9.16. The molecule has 1 amide bonds. The van der Waals surface area contributed by atoms with E-state index in [4.69, 9.17) is 4.74 Å². The number of carbonyl (C=O) groups excluding carboxylic acids is 2. The highest BCUT2D eigenvalue weighted by Gasteiger charge is 2.41. The molecular formula is C11H17NO3. The highest BCUT2D eigenvalue weighted by atomic mass is 16.5. The number of rotatable bonds is 2. The molecule has 0 radical (unpaired) electrons. The number of carbonyl (C=O) groups is 2. The molecule has 4 nitrogen and oxygen atoms in total. The summed E-state index contributed by atoms with van der Waals surface area (Å²) in [6, 6.07) is 0.0383. The molecule has 2 rings (SSSR count). The maximum absolute atomic E-state index is 11.6. The molecule has 0 aromatic heterocycles. The van der Waals surface area contributed by atoms with Crippen LogP contribution < -0.4 is 5.32 Å². The second-order valence-electron chi connectivity index (χ2n) is 4.77. The number of hydrogen-bond acceptors (Lipinski definition) is 3. The first-order valence-corrected chi connectivity index (χ1v) is 5.58. The number of hydrogen-bond donors (Lipinski definition) is 1. The van der Waals surface area contributed by atoms with Crippen molar-refractivity contribution >= 4 is 11.9 Å². The summed E-state index contributed by atoms with van der Waals surface area (Å²) in [4.78, 5) is 22.6. The molecule has 0 aromatic rings. The van der Waals surface area contributed by atoms with Crippen molar-refractivity contribution in [3.63, 3.8) is 0 Å². The average molecular weight is 211 g/mol. The lowest BCUT2D eigenvalue weighted by Crippen LogP contribution is -2.36. The van der Waals surface area contributed by atoms with Gasteiger partial charge in [0.05, 0.1) is 6.04 Å². The van der Waals surface area contributed by atoms with Gasteiger partial charge in [-0.1, -0.05) is 13.8 Å². The normalized spacial score (nSPS) is 35.8. The quantitative estimate of drug-likeness (QED) is 0.689. The fourth-order valence-electron chi connectivity index (χ4n) is 2.38. The van der Waals surface area contributed by atoms with Crippen molar-refractivity contribution in [3.8, 4) is 0 Å². The predicted octanol–water partition coefficient (Wildman–Crippen LogP) is 0.853. The highest BCUT2D eigenvalue weighted by Crippen LogP contribution is 2.29. The molecule has 2 saturated heterocycles. The van der Waals surface area contributed by atoms with Gasteiger partial charge in [-0.15, -0.1) is 0 Å². The topological polar surface area (TPSA) is 55.4 Å². The first-order valence-electron chi connectivity index (χ1n) is 5.58. The third-order valence-electron chi connectivity index (χ3n) is 3.34. The van der Waals surface area contributed by atoms with Gasteiger partial charge in [-0.25, -0.2) is 0 Å². The molecule has 2 fully saturated rings. The van der Waals surface area contributed by atoms with Crippen molar-refractivity contribution in [1.29, 1.82) is 0 Å². The Bertz CT molecular complexity index is 288. The van der Waals surface area contributed by atoms with Gasteiger partial charge < -0.3 is 10.1 Å². The Morgan fingerprint density at radius 1 is 1.40 bits per heavy atom. The molecular weight excluding hydrogens is 194 g/mol. The van der Waals surface area contributed by atoms with Crippen LogP contribution in [0.2, 0.25) is 0 Å². The molecule has 0 bridgehead atoms. The molecule has 0 spiro atoms. The number of cyclic esters (lactones) is 1. The molecule has 0 saturated carbocycles. The Hall–Kier alpha value is -1.06. The van der Waals surface area contributed by atoms with Gasteiger partial charge in [-0.05, 0) is 18.8 Å². The molecule has 0 unspecified atom stereocenters. The van der Waals surface area contributed by atoms with Gasteiger partial charge in [0.25, 0.3) is 0 Å². The van der Waals surface area contributed by atoms with Crippen LogP contribution >= 0.6 is 0 Å². The van der Waals surface area contributed by atoms with Gasteiger partial charge >= 0.3 is 5.97 Å². The van der Waals surface area contributed by atoms with Crippen LogP contribution in [0.25, 0.3) is 0 Å². The third-order valence-corrected chi connectivity index (χ3v) is 3.34. The van der Waals surface area contributed by atoms with Crippen LogP contribution in [0.15, 0.2) is 0 Å². The van der Waals surface area contributed by atoms with Crippen LogP contribution in [0.1, 0.15) is 33.1 Å². The third kappa shape index (κ3) is 1.98. The number of amides is 1. The SMILES string of the molecule is CC(C)[C@@H]1C[C@@H]([C@@H]2CCC(=O)O2)NC1=O. The Labute approximate surface area is 89.4 Å². The van der Waals surface area contributed by atoms with Gasteiger partial charge in [-0.3, -0.25) is 9.59 Å². The lowest BCUT2D eigenvalue weighted by atomic mass is 9.91. The first-order chi connectivity index (χ1) is 7.08. The lowest BCUT2D eigenvalue weighted by Gasteiger charge is -2.17. The monoisotopic (exact) mass is 211 g/mol. The molecule has 84 valence electrons. The maximum Gasteiger partial charge on any atom is 0.306 e. The number of ether oxygens (including phenoxy) is 1. The summed E-state index contributed by atoms with van der Waals surface area (Å²) in [5.41, 5.74) is 0. The summed E-state index contributed by atoms with van der Waals surface area (Å²) in [5.74, 6) is 0.404. The molecule has 2 aliphatic rings. The van der Waals surface area contributed by atoms with Crippen molar-refractivity contribution in [3.05, 3.63) is 0 Å². The van der Waals surface area contributed by atoms with E-state index in [2.05, 4.69) is 5.32 Å². The van der Waals surface area contributed by atoms with Gasteiger partial charge in [0.15, 0.2) is 0 Å². The summed E-state index contributed by atoms with van der Waals surface area (Å²) in [7, 11) is 0. The van der Waals surface area contributed by atoms with E-state index in [0.29, 0.717) is 12.3 Å². The van der Waals surface area contributed by atoms with E-state index < -0.39 is 0 Å². The van der Waals surface area contributed by atoms with E-state index in [-0.39, 0.29) is 29.9 Å². The molecule has 4 heteroatoms. The van der Waals surface area contributed by atoms with Crippen LogP contribution in [0.3, 0.4) is 0 Å². The minimum Gasteiger partial charge on any atom is -0.460 e. The summed E-state index contributed by atoms with van der Waals surface area (Å²) < 4.78 is 5.17. The second kappa shape index (κ2) is 3.83. The van der Waals surface area contributed by atoms with E-state index in [1.54, 1.807) is 0 Å². The van der Waals surface area contributed by atoms with Crippen molar-refractivity contribution in [2.24, 2.45) is 11.8 Å². The Kier molecular flexibility index (Phi) is 2.67. The van der Waals surface area contributed by atoms with E-state index in [0.717, 1.165) is 12.8 Å². The van der Waals surface area contributed by atoms with Crippen molar-refractivity contribution in [2.75, 3.05) is 0 Å². The Morgan fingerprint density at radius 2 is 2.13 bits per heavy atom. The molecule has 15 heavy (non-hydrogen) atoms. The fourth-order valence-corrected chi connectivity index (χ4v) is 2.38. The fraction of sp³-hybridized carbons (Fsp3) is 0.818. The first kappa shape index (κ1) is 10.5. The summed E-state index contributed by atoms with van der Waals surface area (Å²) in [6.45, 7) is 4.10. The molecule has 0 aliphatic carbocycles. The average Bonchev–Trinajstić information content (AvgIpc) is 2.71. The van der Waals surface area contributed by atoms with Crippen molar-refractivity contribution in [1.82, 2.24) is 5.32 Å². The van der Waals surface area contributed by atoms with Crippen LogP contribution in [-0.4, -0.2) is 24.0 Å². The van der Waals surface area contributed by atoms with Crippen LogP contribution in [-0.2, 0) is 14.3 Å². The van der Waals surface area contributed by atoms with Gasteiger partial charge in [-0.2, -0.15) is 0 Å². The van der Waals surface area contributed by atoms with Gasteiger partial charge in [0.1, 0.15) is 6.10 Å². The summed E-state index contributed by atoms with van der Waals surface area (Å²) in [5, 5.41) is 2.93. The zero-order valence-electron chi connectivity index (χ0n) is 9.16. The van der Waals surface area contributed by atoms with Gasteiger partial charge in [0.2, 0.25) is 5.91 Å². The Balaban J connectivity index is 1.97. The van der Waals surface area contributed by atoms with Crippen LogP contribution in [0, 0.1) is 11.8 Å². The summed E-state index contributed by atoms with van der Waals surface area (Å²) >= 11 is 0. The van der Waals surface area contributed by atoms with Crippen LogP contribution in [0.4, 0.5) is 0 Å². The van der Waals surface area contributed by atoms with Crippen LogP contribution in [0.5, 0.6) is 0 Å². The maximum atomic E-state index is 11.6. The molecule has 2 aliphatic heterocycles. The minimum absolute atomic E-state index is 0.0383. The van der Waals surface area contributed by atoms with Gasteiger partial charge in [0, 0.05) is 12.3 Å². The largest absolute Gasteiger partial charge is 0.460 e. The molecule has 0 aromatic carbocycles. The highest BCUT2D eigenvalue weighted by molar-refractivity contribution is 5.82. The van der Waals surface area contributed by atoms with E-state index in [1.807, 2.05) is 13.8 Å². The lowest BCUT2D eigenvalue weighted by molar-refractivity contribution is -0.142. The second-order valence-corrected chi connectivity index (χ2v) is 4.77. The minimum atomic E-state index is -0.137. The van der Waals surface area contributed by atoms with Crippen molar-refractivity contribution in [2.45, 2.75) is 45.3 Å². The molecule has 3 atom stereocenters. The Morgan fingerprint density at radius 3 is 2.60 bits per heavy atom. The van der Waals surface area contributed by atoms with Crippen molar-refractivity contribution < 1.29 is 14.3 Å². The van der Waals surface area contributed by atoms with E-state index in [9.17, 15) is 9.59 Å².